The number of anilines is 2. The van der Waals surface area contributed by atoms with Crippen molar-refractivity contribution in [3.05, 3.63) is 180 Å². The van der Waals surface area contributed by atoms with Crippen molar-refractivity contribution in [1.29, 1.82) is 0 Å². The van der Waals surface area contributed by atoms with E-state index < -0.39 is 5.41 Å². The van der Waals surface area contributed by atoms with E-state index in [-0.39, 0.29) is 0 Å². The van der Waals surface area contributed by atoms with Crippen LogP contribution in [0.2, 0.25) is 0 Å². The lowest BCUT2D eigenvalue weighted by Crippen LogP contribution is -2.28. The van der Waals surface area contributed by atoms with Crippen LogP contribution >= 0.6 is 0 Å². The fourth-order valence-electron chi connectivity index (χ4n) is 7.25. The highest BCUT2D eigenvalue weighted by Gasteiger charge is 2.46. The van der Waals surface area contributed by atoms with Gasteiger partial charge in [0.05, 0.1) is 5.41 Å². The molecule has 0 bridgehead atoms. The molecule has 202 valence electrons. The van der Waals surface area contributed by atoms with E-state index in [0.717, 1.165) is 33.3 Å². The summed E-state index contributed by atoms with van der Waals surface area (Å²) in [5, 5.41) is 8.45. The van der Waals surface area contributed by atoms with Gasteiger partial charge in [-0.3, -0.25) is 0 Å². The number of hydrogen-bond acceptors (Lipinski definition) is 2. The van der Waals surface area contributed by atoms with Gasteiger partial charge in [-0.15, -0.1) is 0 Å². The summed E-state index contributed by atoms with van der Waals surface area (Å²) in [6.45, 7) is 0. The van der Waals surface area contributed by atoms with Crippen LogP contribution in [0.1, 0.15) is 22.3 Å². The first-order chi connectivity index (χ1) is 21.3. The molecule has 0 unspecified atom stereocenters. The summed E-state index contributed by atoms with van der Waals surface area (Å²) in [4.78, 5) is 0. The first kappa shape index (κ1) is 24.0. The number of benzene rings is 7. The highest BCUT2D eigenvalue weighted by molar-refractivity contribution is 6.05. The summed E-state index contributed by atoms with van der Waals surface area (Å²) in [6.07, 6.45) is 0. The van der Waals surface area contributed by atoms with Crippen molar-refractivity contribution >= 4 is 44.1 Å². The molecule has 0 saturated heterocycles. The van der Waals surface area contributed by atoms with Crippen LogP contribution in [0.4, 0.5) is 11.4 Å². The van der Waals surface area contributed by atoms with Gasteiger partial charge in [0.1, 0.15) is 11.2 Å². The van der Waals surface area contributed by atoms with Crippen molar-refractivity contribution in [1.82, 2.24) is 0 Å². The average Bonchev–Trinajstić information content (AvgIpc) is 3.58. The normalized spacial score (nSPS) is 13.3. The van der Waals surface area contributed by atoms with Crippen molar-refractivity contribution < 1.29 is 4.42 Å². The number of nitrogens with one attached hydrogen (secondary N) is 1. The zero-order valence-corrected chi connectivity index (χ0v) is 23.4. The number of hydrogen-bond donors (Lipinski definition) is 1. The zero-order valence-electron chi connectivity index (χ0n) is 23.4. The first-order valence-corrected chi connectivity index (χ1v) is 14.8. The van der Waals surface area contributed by atoms with Crippen molar-refractivity contribution in [2.75, 3.05) is 5.32 Å². The molecule has 9 rings (SSSR count). The molecule has 0 fully saturated rings. The minimum Gasteiger partial charge on any atom is -0.456 e. The molecular formula is C41H27NO. The van der Waals surface area contributed by atoms with Crippen LogP contribution in [0.25, 0.3) is 43.8 Å². The smallest absolute Gasteiger partial charge is 0.137 e. The second-order valence-corrected chi connectivity index (χ2v) is 11.4. The second kappa shape index (κ2) is 9.20. The largest absolute Gasteiger partial charge is 0.456 e. The van der Waals surface area contributed by atoms with Crippen molar-refractivity contribution in [3.63, 3.8) is 0 Å². The minimum atomic E-state index is -0.461. The quantitative estimate of drug-likeness (QED) is 0.236. The maximum atomic E-state index is 6.18. The lowest BCUT2D eigenvalue weighted by molar-refractivity contribution is 0.669. The molecule has 1 aliphatic carbocycles. The summed E-state index contributed by atoms with van der Waals surface area (Å²) in [5.41, 5.74) is 11.1. The van der Waals surface area contributed by atoms with Gasteiger partial charge in [0.2, 0.25) is 0 Å². The maximum Gasteiger partial charge on any atom is 0.137 e. The van der Waals surface area contributed by atoms with Crippen LogP contribution in [-0.2, 0) is 5.41 Å². The van der Waals surface area contributed by atoms with E-state index in [1.807, 2.05) is 12.1 Å². The monoisotopic (exact) mass is 549 g/mol. The van der Waals surface area contributed by atoms with E-state index in [4.69, 9.17) is 4.42 Å². The van der Waals surface area contributed by atoms with Gasteiger partial charge in [0, 0.05) is 28.2 Å². The zero-order chi connectivity index (χ0) is 28.4. The standard InChI is InChI=1S/C41H27NO/c1-2-11-28-24-30(21-20-27(28)10-1)41(37-17-6-3-14-33(37)34-15-4-7-18-38(34)41)29-12-9-13-31(25-29)42-32-22-23-36-35-16-5-8-19-39(35)43-40(36)26-32/h1-26,42H. The van der Waals surface area contributed by atoms with Gasteiger partial charge in [-0.2, -0.15) is 0 Å². The van der Waals surface area contributed by atoms with Gasteiger partial charge in [-0.25, -0.2) is 0 Å². The first-order valence-electron chi connectivity index (χ1n) is 14.8. The summed E-state index contributed by atoms with van der Waals surface area (Å²) < 4.78 is 6.18. The van der Waals surface area contributed by atoms with E-state index in [1.165, 1.54) is 44.2 Å². The molecule has 1 N–H and O–H groups in total. The molecule has 0 atom stereocenters. The number of para-hydroxylation sites is 1. The third-order valence-corrected chi connectivity index (χ3v) is 9.10. The average molecular weight is 550 g/mol. The van der Waals surface area contributed by atoms with Crippen LogP contribution < -0.4 is 5.32 Å². The van der Waals surface area contributed by atoms with Crippen molar-refractivity contribution in [2.24, 2.45) is 0 Å². The Morgan fingerprint density at radius 1 is 0.419 bits per heavy atom. The Labute approximate surface area is 249 Å². The number of furan rings is 1. The van der Waals surface area contributed by atoms with E-state index in [2.05, 4.69) is 151 Å². The van der Waals surface area contributed by atoms with Gasteiger partial charge >= 0.3 is 0 Å². The number of rotatable bonds is 4. The molecule has 7 aromatic carbocycles. The van der Waals surface area contributed by atoms with E-state index in [9.17, 15) is 0 Å². The van der Waals surface area contributed by atoms with Crippen LogP contribution in [0.5, 0.6) is 0 Å². The van der Waals surface area contributed by atoms with Gasteiger partial charge in [-0.1, -0.05) is 115 Å². The van der Waals surface area contributed by atoms with Crippen LogP contribution in [0, 0.1) is 0 Å². The second-order valence-electron chi connectivity index (χ2n) is 11.4. The predicted octanol–water partition coefficient (Wildman–Crippen LogP) is 10.8. The Morgan fingerprint density at radius 3 is 1.91 bits per heavy atom. The van der Waals surface area contributed by atoms with Gasteiger partial charge in [0.15, 0.2) is 0 Å². The topological polar surface area (TPSA) is 25.2 Å². The molecule has 0 spiro atoms. The molecular weight excluding hydrogens is 522 g/mol. The van der Waals surface area contributed by atoms with E-state index >= 15 is 0 Å². The molecule has 43 heavy (non-hydrogen) atoms. The molecule has 0 saturated carbocycles. The number of fused-ring (bicyclic) bond motifs is 7. The summed E-state index contributed by atoms with van der Waals surface area (Å²) in [6, 6.07) is 56.9. The summed E-state index contributed by atoms with van der Waals surface area (Å²) in [7, 11) is 0. The predicted molar refractivity (Wildman–Crippen MR) is 178 cm³/mol. The van der Waals surface area contributed by atoms with Crippen LogP contribution in [0.15, 0.2) is 162 Å². The fraction of sp³-hybridized carbons (Fsp3) is 0.0244. The molecule has 0 aliphatic heterocycles. The molecule has 0 amide bonds. The summed E-state index contributed by atoms with van der Waals surface area (Å²) >= 11 is 0. The fourth-order valence-corrected chi connectivity index (χ4v) is 7.25. The Morgan fingerprint density at radius 2 is 1.07 bits per heavy atom. The summed E-state index contributed by atoms with van der Waals surface area (Å²) in [5.74, 6) is 0. The minimum absolute atomic E-state index is 0.461. The molecule has 8 aromatic rings. The Balaban J connectivity index is 1.24. The Kier molecular flexibility index (Phi) is 5.15. The van der Waals surface area contributed by atoms with Crippen LogP contribution in [0.3, 0.4) is 0 Å². The third kappa shape index (κ3) is 3.53. The van der Waals surface area contributed by atoms with E-state index in [1.54, 1.807) is 0 Å². The molecule has 1 aliphatic rings. The molecule has 1 heterocycles. The Bertz CT molecular complexity index is 2300. The van der Waals surface area contributed by atoms with Crippen molar-refractivity contribution in [2.45, 2.75) is 5.41 Å². The molecule has 1 aromatic heterocycles. The third-order valence-electron chi connectivity index (χ3n) is 9.10. The lowest BCUT2D eigenvalue weighted by atomic mass is 9.67. The molecule has 2 heteroatoms. The highest BCUT2D eigenvalue weighted by atomic mass is 16.3. The Hall–Kier alpha value is -5.60. The van der Waals surface area contributed by atoms with Crippen LogP contribution in [-0.4, -0.2) is 0 Å². The van der Waals surface area contributed by atoms with Crippen molar-refractivity contribution in [3.8, 4) is 11.1 Å². The SMILES string of the molecule is c1cc(Nc2ccc3c(c2)oc2ccccc23)cc(C2(c3ccc4ccccc4c3)c3ccccc3-c3ccccc32)c1. The van der Waals surface area contributed by atoms with Gasteiger partial charge in [0.25, 0.3) is 0 Å². The maximum absolute atomic E-state index is 6.18. The van der Waals surface area contributed by atoms with Gasteiger partial charge < -0.3 is 9.73 Å². The lowest BCUT2D eigenvalue weighted by Gasteiger charge is -2.34. The highest BCUT2D eigenvalue weighted by Crippen LogP contribution is 2.56. The molecule has 0 radical (unpaired) electrons. The molecule has 2 nitrogen and oxygen atoms in total. The van der Waals surface area contributed by atoms with E-state index in [0.29, 0.717) is 0 Å². The van der Waals surface area contributed by atoms with Gasteiger partial charge in [-0.05, 0) is 80.6 Å².